The van der Waals surface area contributed by atoms with Crippen LogP contribution < -0.4 is 5.73 Å². The lowest BCUT2D eigenvalue weighted by atomic mass is 10.3. The normalized spacial score (nSPS) is 11.5. The van der Waals surface area contributed by atoms with Crippen molar-refractivity contribution < 1.29 is 4.92 Å². The molecule has 0 saturated carbocycles. The van der Waals surface area contributed by atoms with Gasteiger partial charge in [-0.1, -0.05) is 13.3 Å². The molecule has 1 rings (SSSR count). The Morgan fingerprint density at radius 3 is 2.84 bits per heavy atom. The van der Waals surface area contributed by atoms with Gasteiger partial charge in [0.2, 0.25) is 0 Å². The maximum absolute atomic E-state index is 10.5. The average Bonchev–Trinajstić information content (AvgIpc) is 2.85. The molecule has 0 aliphatic heterocycles. The van der Waals surface area contributed by atoms with Gasteiger partial charge in [0.15, 0.2) is 5.82 Å². The van der Waals surface area contributed by atoms with Gasteiger partial charge in [-0.3, -0.25) is 10.1 Å². The van der Waals surface area contributed by atoms with Gasteiger partial charge in [0.1, 0.15) is 0 Å². The first-order valence-electron chi connectivity index (χ1n) is 6.45. The fourth-order valence-corrected chi connectivity index (χ4v) is 1.77. The van der Waals surface area contributed by atoms with Crippen molar-refractivity contribution in [2.75, 3.05) is 13.1 Å². The second kappa shape index (κ2) is 8.12. The topological polar surface area (TPSA) is 90.2 Å². The number of nitrogens with zero attached hydrogens (tertiary/aromatic N) is 4. The number of unbranched alkanes of at least 4 members (excludes halogenated alkanes) is 1. The molecule has 1 aromatic heterocycles. The quantitative estimate of drug-likeness (QED) is 0.539. The maximum Gasteiger partial charge on any atom is 0.274 e. The van der Waals surface area contributed by atoms with Crippen molar-refractivity contribution >= 4 is 0 Å². The van der Waals surface area contributed by atoms with E-state index < -0.39 is 4.92 Å². The van der Waals surface area contributed by atoms with Crippen LogP contribution in [0.1, 0.15) is 26.2 Å². The molecule has 0 amide bonds. The van der Waals surface area contributed by atoms with E-state index in [1.807, 2.05) is 15.7 Å². The van der Waals surface area contributed by atoms with E-state index in [4.69, 9.17) is 5.73 Å². The van der Waals surface area contributed by atoms with Crippen LogP contribution in [0, 0.1) is 10.1 Å². The van der Waals surface area contributed by atoms with E-state index in [9.17, 15) is 10.1 Å². The number of aryl methyl sites for hydroxylation is 1. The van der Waals surface area contributed by atoms with Crippen LogP contribution in [0.5, 0.6) is 0 Å². The lowest BCUT2D eigenvalue weighted by molar-refractivity contribution is -0.404. The van der Waals surface area contributed by atoms with Crippen LogP contribution in [0.15, 0.2) is 30.7 Å². The molecule has 0 radical (unpaired) electrons. The molecule has 0 fully saturated rings. The predicted molar refractivity (Wildman–Crippen MR) is 72.6 cm³/mol. The Morgan fingerprint density at radius 1 is 1.53 bits per heavy atom. The monoisotopic (exact) mass is 267 g/mol. The second-order valence-electron chi connectivity index (χ2n) is 4.33. The number of hydrogen-bond acceptors (Lipinski definition) is 5. The molecule has 0 aromatic carbocycles. The summed E-state index contributed by atoms with van der Waals surface area (Å²) in [5.41, 5.74) is 5.75. The van der Waals surface area contributed by atoms with Crippen molar-refractivity contribution in [3.05, 3.63) is 40.9 Å². The molecule has 7 nitrogen and oxygen atoms in total. The van der Waals surface area contributed by atoms with Gasteiger partial charge in [0, 0.05) is 32.0 Å². The molecule has 2 N–H and O–H groups in total. The molecular formula is C12H21N5O2. The standard InChI is InChI=1S/C12H21N5O2/c1-2-3-7-16(12(13)10-17(18)19)8-4-6-15-9-5-14-11-15/h5,9-11H,2-4,6-8,13H2,1H3. The number of imidazole rings is 1. The molecule has 0 unspecified atom stereocenters. The van der Waals surface area contributed by atoms with E-state index in [0.717, 1.165) is 38.6 Å². The molecule has 0 saturated heterocycles. The number of nitrogens with two attached hydrogens (primary N) is 1. The van der Waals surface area contributed by atoms with E-state index in [1.54, 1.807) is 12.5 Å². The van der Waals surface area contributed by atoms with Gasteiger partial charge in [-0.25, -0.2) is 4.98 Å². The van der Waals surface area contributed by atoms with E-state index >= 15 is 0 Å². The molecule has 106 valence electrons. The third kappa shape index (κ3) is 5.89. The van der Waals surface area contributed by atoms with Crippen molar-refractivity contribution in [3.63, 3.8) is 0 Å². The van der Waals surface area contributed by atoms with E-state index in [2.05, 4.69) is 11.9 Å². The Kier molecular flexibility index (Phi) is 6.42. The maximum atomic E-state index is 10.5. The highest BCUT2D eigenvalue weighted by Gasteiger charge is 2.09. The van der Waals surface area contributed by atoms with Crippen molar-refractivity contribution in [2.45, 2.75) is 32.7 Å². The molecule has 0 spiro atoms. The van der Waals surface area contributed by atoms with Crippen molar-refractivity contribution in [3.8, 4) is 0 Å². The minimum Gasteiger partial charge on any atom is -0.380 e. The summed E-state index contributed by atoms with van der Waals surface area (Å²) in [6, 6.07) is 0. The summed E-state index contributed by atoms with van der Waals surface area (Å²) >= 11 is 0. The minimum atomic E-state index is -0.510. The molecule has 0 bridgehead atoms. The molecule has 19 heavy (non-hydrogen) atoms. The first-order valence-corrected chi connectivity index (χ1v) is 6.45. The third-order valence-corrected chi connectivity index (χ3v) is 2.79. The van der Waals surface area contributed by atoms with Gasteiger partial charge in [0.05, 0.1) is 11.3 Å². The molecule has 1 heterocycles. The lowest BCUT2D eigenvalue weighted by Crippen LogP contribution is -2.31. The van der Waals surface area contributed by atoms with Crippen LogP contribution in [0.25, 0.3) is 0 Å². The first kappa shape index (κ1) is 15.0. The van der Waals surface area contributed by atoms with Crippen molar-refractivity contribution in [1.29, 1.82) is 0 Å². The molecular weight excluding hydrogens is 246 g/mol. The van der Waals surface area contributed by atoms with Crippen molar-refractivity contribution in [1.82, 2.24) is 14.5 Å². The van der Waals surface area contributed by atoms with E-state index in [1.165, 1.54) is 0 Å². The van der Waals surface area contributed by atoms with Crippen LogP contribution >= 0.6 is 0 Å². The Balaban J connectivity index is 2.46. The van der Waals surface area contributed by atoms with Crippen molar-refractivity contribution in [2.24, 2.45) is 5.73 Å². The van der Waals surface area contributed by atoms with Gasteiger partial charge in [0.25, 0.3) is 6.20 Å². The van der Waals surface area contributed by atoms with Crippen LogP contribution in [0.2, 0.25) is 0 Å². The number of rotatable bonds is 9. The zero-order valence-electron chi connectivity index (χ0n) is 11.2. The fraction of sp³-hybridized carbons (Fsp3) is 0.583. The summed E-state index contributed by atoms with van der Waals surface area (Å²) in [6.45, 7) is 4.36. The zero-order valence-corrected chi connectivity index (χ0v) is 11.2. The van der Waals surface area contributed by atoms with Gasteiger partial charge >= 0.3 is 0 Å². The van der Waals surface area contributed by atoms with E-state index in [0.29, 0.717) is 6.54 Å². The highest BCUT2D eigenvalue weighted by Crippen LogP contribution is 2.04. The summed E-state index contributed by atoms with van der Waals surface area (Å²) in [5, 5.41) is 10.5. The smallest absolute Gasteiger partial charge is 0.274 e. The summed E-state index contributed by atoms with van der Waals surface area (Å²) in [6.07, 6.45) is 9.12. The number of nitro groups is 1. The van der Waals surface area contributed by atoms with Crippen LogP contribution in [-0.2, 0) is 6.54 Å². The largest absolute Gasteiger partial charge is 0.380 e. The number of aromatic nitrogens is 2. The first-order chi connectivity index (χ1) is 9.13. The Morgan fingerprint density at radius 2 is 2.26 bits per heavy atom. The zero-order chi connectivity index (χ0) is 14.1. The van der Waals surface area contributed by atoms with Gasteiger partial charge in [-0.2, -0.15) is 0 Å². The Labute approximate surface area is 112 Å². The van der Waals surface area contributed by atoms with Gasteiger partial charge in [-0.15, -0.1) is 0 Å². The third-order valence-electron chi connectivity index (χ3n) is 2.79. The summed E-state index contributed by atoms with van der Waals surface area (Å²) < 4.78 is 1.98. The summed E-state index contributed by atoms with van der Waals surface area (Å²) in [5.74, 6) is 0.226. The van der Waals surface area contributed by atoms with Crippen LogP contribution in [0.3, 0.4) is 0 Å². The minimum absolute atomic E-state index is 0.226. The molecule has 7 heteroatoms. The molecule has 0 atom stereocenters. The highest BCUT2D eigenvalue weighted by atomic mass is 16.6. The molecule has 0 aliphatic carbocycles. The summed E-state index contributed by atoms with van der Waals surface area (Å²) in [7, 11) is 0. The second-order valence-corrected chi connectivity index (χ2v) is 4.33. The summed E-state index contributed by atoms with van der Waals surface area (Å²) in [4.78, 5) is 15.8. The molecule has 0 aliphatic rings. The number of hydrogen-bond donors (Lipinski definition) is 1. The average molecular weight is 267 g/mol. The fourth-order valence-electron chi connectivity index (χ4n) is 1.77. The van der Waals surface area contributed by atoms with Crippen LogP contribution in [-0.4, -0.2) is 32.5 Å². The SMILES string of the molecule is CCCCN(CCCn1ccnc1)C(N)=C[N+](=O)[O-]. The Bertz CT molecular complexity index is 402. The molecule has 1 aromatic rings. The van der Waals surface area contributed by atoms with E-state index in [-0.39, 0.29) is 5.82 Å². The predicted octanol–water partition coefficient (Wildman–Crippen LogP) is 1.41. The van der Waals surface area contributed by atoms with Gasteiger partial charge < -0.3 is 15.2 Å². The Hall–Kier alpha value is -2.05. The lowest BCUT2D eigenvalue weighted by Gasteiger charge is -2.23. The highest BCUT2D eigenvalue weighted by molar-refractivity contribution is 4.90. The van der Waals surface area contributed by atoms with Crippen LogP contribution in [0.4, 0.5) is 0 Å². The van der Waals surface area contributed by atoms with Gasteiger partial charge in [-0.05, 0) is 12.8 Å².